The molecule has 2 aliphatic heterocycles. The van der Waals surface area contributed by atoms with Crippen LogP contribution in [-0.4, -0.2) is 37.1 Å². The zero-order valence-corrected chi connectivity index (χ0v) is 23.1. The van der Waals surface area contributed by atoms with Gasteiger partial charge in [-0.3, -0.25) is 14.5 Å². The molecule has 1 amide bonds. The van der Waals surface area contributed by atoms with E-state index in [1.165, 1.54) is 4.90 Å². The van der Waals surface area contributed by atoms with E-state index < -0.39 is 17.7 Å². The highest BCUT2D eigenvalue weighted by Crippen LogP contribution is 2.45. The highest BCUT2D eigenvalue weighted by atomic mass is 16.6. The number of hydrogen-bond acceptors (Lipinski definition) is 6. The molecule has 1 atom stereocenters. The van der Waals surface area contributed by atoms with Crippen molar-refractivity contribution in [3.05, 3.63) is 88.0 Å². The number of ketones is 1. The third kappa shape index (κ3) is 4.62. The molecular weight excluding hydrogens is 494 g/mol. The molecule has 0 radical (unpaired) electrons. The number of aliphatic hydroxyl groups is 1. The standard InChI is InChI=1S/C32H33NO6/c1-18-16-25(37-6)19(2)15-23(18)29(34)27-28(20-7-9-21(10-8-20)32(3,4)5)33(31(36)30(27)35)22-11-12-24-26(17-22)39-14-13-38-24/h7-12,15-17,28,34H,13-14H2,1-6H3/b29-27+. The molecule has 5 rings (SSSR count). The lowest BCUT2D eigenvalue weighted by molar-refractivity contribution is -0.132. The van der Waals surface area contributed by atoms with Gasteiger partial charge in [0.2, 0.25) is 0 Å². The fourth-order valence-electron chi connectivity index (χ4n) is 5.17. The number of aliphatic hydroxyl groups excluding tert-OH is 1. The summed E-state index contributed by atoms with van der Waals surface area (Å²) in [4.78, 5) is 28.7. The number of carbonyl (C=O) groups is 2. The summed E-state index contributed by atoms with van der Waals surface area (Å²) in [6.07, 6.45) is 0. The second-order valence-corrected chi connectivity index (χ2v) is 11.0. The SMILES string of the molecule is COc1cc(C)c(/C(O)=C2\C(=O)C(=O)N(c3ccc4c(c3)OCCO4)C2c2ccc(C(C)(C)C)cc2)cc1C. The maximum absolute atomic E-state index is 13.6. The lowest BCUT2D eigenvalue weighted by Crippen LogP contribution is -2.29. The number of amides is 1. The van der Waals surface area contributed by atoms with Gasteiger partial charge >= 0.3 is 0 Å². The molecule has 7 nitrogen and oxygen atoms in total. The predicted octanol–water partition coefficient (Wildman–Crippen LogP) is 6.01. The van der Waals surface area contributed by atoms with Crippen molar-refractivity contribution in [1.29, 1.82) is 0 Å². The largest absolute Gasteiger partial charge is 0.507 e. The maximum atomic E-state index is 13.6. The van der Waals surface area contributed by atoms with E-state index in [1.54, 1.807) is 31.4 Å². The van der Waals surface area contributed by atoms with Gasteiger partial charge in [0.05, 0.1) is 18.7 Å². The van der Waals surface area contributed by atoms with Crippen LogP contribution >= 0.6 is 0 Å². The lowest BCUT2D eigenvalue weighted by Gasteiger charge is -2.28. The molecule has 0 spiro atoms. The van der Waals surface area contributed by atoms with Crippen LogP contribution in [0.4, 0.5) is 5.69 Å². The second-order valence-electron chi connectivity index (χ2n) is 11.0. The number of rotatable bonds is 4. The zero-order chi connectivity index (χ0) is 28.1. The van der Waals surface area contributed by atoms with Crippen LogP contribution in [0.1, 0.15) is 54.6 Å². The minimum absolute atomic E-state index is 0.0334. The van der Waals surface area contributed by atoms with Gasteiger partial charge in [-0.15, -0.1) is 0 Å². The Morgan fingerprint density at radius 1 is 0.923 bits per heavy atom. The lowest BCUT2D eigenvalue weighted by atomic mass is 9.85. The van der Waals surface area contributed by atoms with Crippen molar-refractivity contribution in [2.75, 3.05) is 25.2 Å². The molecule has 2 heterocycles. The number of methoxy groups -OCH3 is 1. The van der Waals surface area contributed by atoms with Crippen molar-refractivity contribution in [3.63, 3.8) is 0 Å². The summed E-state index contributed by atoms with van der Waals surface area (Å²) in [5.74, 6) is 0.0684. The van der Waals surface area contributed by atoms with E-state index in [0.29, 0.717) is 47.3 Å². The average Bonchev–Trinajstić information content (AvgIpc) is 3.18. The zero-order valence-electron chi connectivity index (χ0n) is 23.1. The number of nitrogens with zero attached hydrogens (tertiary/aromatic N) is 1. The Bertz CT molecular complexity index is 1500. The van der Waals surface area contributed by atoms with E-state index in [-0.39, 0.29) is 16.7 Å². The van der Waals surface area contributed by atoms with Crippen molar-refractivity contribution < 1.29 is 28.9 Å². The molecule has 0 saturated carbocycles. The van der Waals surface area contributed by atoms with Crippen molar-refractivity contribution in [2.45, 2.75) is 46.1 Å². The number of anilines is 1. The van der Waals surface area contributed by atoms with E-state index in [2.05, 4.69) is 20.8 Å². The molecule has 0 aromatic heterocycles. The van der Waals surface area contributed by atoms with Gasteiger partial charge in [0.1, 0.15) is 24.7 Å². The van der Waals surface area contributed by atoms with Crippen LogP contribution in [0.3, 0.4) is 0 Å². The highest BCUT2D eigenvalue weighted by Gasteiger charge is 2.47. The van der Waals surface area contributed by atoms with Crippen molar-refractivity contribution in [2.24, 2.45) is 0 Å². The van der Waals surface area contributed by atoms with Gasteiger partial charge in [-0.25, -0.2) is 0 Å². The van der Waals surface area contributed by atoms with E-state index in [0.717, 1.165) is 16.7 Å². The molecule has 202 valence electrons. The van der Waals surface area contributed by atoms with Crippen molar-refractivity contribution in [3.8, 4) is 17.2 Å². The fourth-order valence-corrected chi connectivity index (χ4v) is 5.17. The van der Waals surface area contributed by atoms with E-state index in [1.807, 2.05) is 44.2 Å². The number of aryl methyl sites for hydroxylation is 2. The Morgan fingerprint density at radius 2 is 1.59 bits per heavy atom. The van der Waals surface area contributed by atoms with Crippen molar-refractivity contribution >= 4 is 23.1 Å². The quantitative estimate of drug-likeness (QED) is 0.254. The second kappa shape index (κ2) is 9.80. The van der Waals surface area contributed by atoms with Crippen LogP contribution in [0, 0.1) is 13.8 Å². The molecule has 3 aromatic carbocycles. The molecule has 1 N–H and O–H groups in total. The van der Waals surface area contributed by atoms with Crippen LogP contribution in [0.5, 0.6) is 17.2 Å². The summed E-state index contributed by atoms with van der Waals surface area (Å²) in [7, 11) is 1.58. The van der Waals surface area contributed by atoms with Crippen LogP contribution < -0.4 is 19.1 Å². The van der Waals surface area contributed by atoms with Crippen LogP contribution in [0.2, 0.25) is 0 Å². The van der Waals surface area contributed by atoms with E-state index in [4.69, 9.17) is 14.2 Å². The molecule has 1 fully saturated rings. The van der Waals surface area contributed by atoms with Gasteiger partial charge in [-0.05, 0) is 65.8 Å². The maximum Gasteiger partial charge on any atom is 0.300 e. The molecular formula is C32H33NO6. The van der Waals surface area contributed by atoms with Crippen LogP contribution in [-0.2, 0) is 15.0 Å². The Morgan fingerprint density at radius 3 is 2.23 bits per heavy atom. The highest BCUT2D eigenvalue weighted by molar-refractivity contribution is 6.51. The summed E-state index contributed by atoms with van der Waals surface area (Å²) < 4.78 is 16.8. The number of ether oxygens (including phenoxy) is 3. The Labute approximate surface area is 228 Å². The molecule has 7 heteroatoms. The average molecular weight is 528 g/mol. The number of hydrogen-bond donors (Lipinski definition) is 1. The predicted molar refractivity (Wildman–Crippen MR) is 150 cm³/mol. The fraction of sp³-hybridized carbons (Fsp3) is 0.312. The Hall–Kier alpha value is -4.26. The molecule has 3 aromatic rings. The normalized spacial score (nSPS) is 18.4. The first-order valence-corrected chi connectivity index (χ1v) is 13.0. The van der Waals surface area contributed by atoms with E-state index >= 15 is 0 Å². The third-order valence-electron chi connectivity index (χ3n) is 7.34. The number of fused-ring (bicyclic) bond motifs is 1. The Kier molecular flexibility index (Phi) is 6.62. The monoisotopic (exact) mass is 527 g/mol. The van der Waals surface area contributed by atoms with Gasteiger partial charge in [-0.1, -0.05) is 45.0 Å². The molecule has 0 bridgehead atoms. The van der Waals surface area contributed by atoms with Gasteiger partial charge in [-0.2, -0.15) is 0 Å². The van der Waals surface area contributed by atoms with Crippen LogP contribution in [0.25, 0.3) is 5.76 Å². The Balaban J connectivity index is 1.71. The van der Waals surface area contributed by atoms with E-state index in [9.17, 15) is 14.7 Å². The summed E-state index contributed by atoms with van der Waals surface area (Å²) in [5.41, 5.74) is 4.27. The number of carbonyl (C=O) groups excluding carboxylic acids is 2. The number of benzene rings is 3. The smallest absolute Gasteiger partial charge is 0.300 e. The third-order valence-corrected chi connectivity index (χ3v) is 7.34. The first kappa shape index (κ1) is 26.4. The van der Waals surface area contributed by atoms with Gasteiger partial charge in [0.25, 0.3) is 11.7 Å². The van der Waals surface area contributed by atoms with Crippen molar-refractivity contribution in [1.82, 2.24) is 0 Å². The molecule has 39 heavy (non-hydrogen) atoms. The van der Waals surface area contributed by atoms with Gasteiger partial charge in [0, 0.05) is 17.3 Å². The first-order chi connectivity index (χ1) is 18.5. The molecule has 2 aliphatic rings. The molecule has 1 unspecified atom stereocenters. The minimum atomic E-state index is -0.844. The minimum Gasteiger partial charge on any atom is -0.507 e. The summed E-state index contributed by atoms with van der Waals surface area (Å²) >= 11 is 0. The van der Waals surface area contributed by atoms with Gasteiger partial charge in [0.15, 0.2) is 11.5 Å². The first-order valence-electron chi connectivity index (χ1n) is 13.0. The van der Waals surface area contributed by atoms with Gasteiger partial charge < -0.3 is 19.3 Å². The summed E-state index contributed by atoms with van der Waals surface area (Å²) in [6.45, 7) is 10.9. The van der Waals surface area contributed by atoms with Crippen LogP contribution in [0.15, 0.2) is 60.2 Å². The topological polar surface area (TPSA) is 85.3 Å². The summed E-state index contributed by atoms with van der Waals surface area (Å²) in [5, 5.41) is 11.6. The molecule has 0 aliphatic carbocycles. The number of Topliss-reactive ketones (excluding diaryl/α,β-unsaturated/α-hetero) is 1. The molecule has 1 saturated heterocycles. The summed E-state index contributed by atoms with van der Waals surface area (Å²) in [6, 6.07) is 15.8.